The van der Waals surface area contributed by atoms with E-state index in [0.29, 0.717) is 11.4 Å². The van der Waals surface area contributed by atoms with Gasteiger partial charge in [0.05, 0.1) is 17.7 Å². The van der Waals surface area contributed by atoms with Crippen LogP contribution in [-0.4, -0.2) is 51.9 Å². The molecular formula is C33H35N3O5S. The Hall–Kier alpha value is -4.63. The van der Waals surface area contributed by atoms with Crippen LogP contribution in [-0.2, 0) is 32.6 Å². The predicted molar refractivity (Wildman–Crippen MR) is 164 cm³/mol. The topological polar surface area (TPSA) is 96.0 Å². The number of hydrogen-bond acceptors (Lipinski definition) is 5. The lowest BCUT2D eigenvalue weighted by atomic mass is 10.0. The highest BCUT2D eigenvalue weighted by Crippen LogP contribution is 2.25. The van der Waals surface area contributed by atoms with E-state index in [9.17, 15) is 18.0 Å². The Morgan fingerprint density at radius 2 is 1.45 bits per heavy atom. The van der Waals surface area contributed by atoms with Gasteiger partial charge in [0.15, 0.2) is 0 Å². The second-order valence-corrected chi connectivity index (χ2v) is 11.7. The lowest BCUT2D eigenvalue weighted by Gasteiger charge is -2.33. The van der Waals surface area contributed by atoms with E-state index >= 15 is 0 Å². The van der Waals surface area contributed by atoms with Crippen molar-refractivity contribution in [3.63, 3.8) is 0 Å². The van der Waals surface area contributed by atoms with E-state index in [2.05, 4.69) is 5.32 Å². The second-order valence-electron chi connectivity index (χ2n) is 9.85. The number of carbonyl (C=O) groups excluding carboxylic acids is 2. The fourth-order valence-electron chi connectivity index (χ4n) is 4.65. The molecule has 0 radical (unpaired) electrons. The molecule has 0 bridgehead atoms. The number of sulfonamides is 1. The maximum atomic E-state index is 14.3. The second kappa shape index (κ2) is 13.8. The zero-order chi connectivity index (χ0) is 30.1. The van der Waals surface area contributed by atoms with E-state index in [-0.39, 0.29) is 23.8 Å². The van der Waals surface area contributed by atoms with Crippen molar-refractivity contribution in [3.8, 4) is 5.75 Å². The molecule has 0 saturated heterocycles. The number of para-hydroxylation sites is 1. The number of methoxy groups -OCH3 is 1. The number of amides is 2. The van der Waals surface area contributed by atoms with Crippen LogP contribution < -0.4 is 14.4 Å². The number of benzene rings is 4. The molecule has 0 unspecified atom stereocenters. The van der Waals surface area contributed by atoms with Gasteiger partial charge in [-0.15, -0.1) is 0 Å². The summed E-state index contributed by atoms with van der Waals surface area (Å²) in [6, 6.07) is 30.7. The number of rotatable bonds is 12. The molecule has 0 aliphatic carbocycles. The molecular weight excluding hydrogens is 550 g/mol. The van der Waals surface area contributed by atoms with Gasteiger partial charge in [-0.3, -0.25) is 13.9 Å². The number of hydrogen-bond donors (Lipinski definition) is 1. The molecule has 0 saturated carbocycles. The molecule has 2 amide bonds. The third-order valence-electron chi connectivity index (χ3n) is 6.94. The summed E-state index contributed by atoms with van der Waals surface area (Å²) in [4.78, 5) is 29.1. The number of ether oxygens (including phenoxy) is 1. The molecule has 1 N–H and O–H groups in total. The minimum Gasteiger partial charge on any atom is -0.497 e. The SMILES string of the molecule is CNC(=O)[C@H](Cc1ccccc1)N(Cc1cccc(OC)c1)C(=O)CN(c1ccccc1)S(=O)(=O)c1ccc(C)cc1. The van der Waals surface area contributed by atoms with Crippen molar-refractivity contribution in [3.05, 3.63) is 126 Å². The molecule has 0 aliphatic heterocycles. The van der Waals surface area contributed by atoms with Gasteiger partial charge < -0.3 is 15.0 Å². The smallest absolute Gasteiger partial charge is 0.264 e. The van der Waals surface area contributed by atoms with Crippen LogP contribution in [0, 0.1) is 6.92 Å². The van der Waals surface area contributed by atoms with Gasteiger partial charge in [0, 0.05) is 20.0 Å². The molecule has 218 valence electrons. The highest BCUT2D eigenvalue weighted by molar-refractivity contribution is 7.92. The Kier molecular flexibility index (Phi) is 9.98. The summed E-state index contributed by atoms with van der Waals surface area (Å²) in [5.41, 5.74) is 2.85. The normalized spacial score (nSPS) is 11.8. The molecule has 1 atom stereocenters. The number of likely N-dealkylation sites (N-methyl/N-ethyl adjacent to an activating group) is 1. The summed E-state index contributed by atoms with van der Waals surface area (Å²) in [6.45, 7) is 1.43. The van der Waals surface area contributed by atoms with Gasteiger partial charge in [-0.1, -0.05) is 78.4 Å². The molecule has 4 aromatic rings. The van der Waals surface area contributed by atoms with E-state index < -0.39 is 28.5 Å². The Labute approximate surface area is 247 Å². The van der Waals surface area contributed by atoms with Crippen LogP contribution in [0.1, 0.15) is 16.7 Å². The van der Waals surface area contributed by atoms with E-state index in [0.717, 1.165) is 21.0 Å². The standard InChI is InChI=1S/C33H35N3O5S/c1-25-17-19-30(20-18-25)42(39,40)36(28-14-8-5-9-15-28)24-32(37)35(23-27-13-10-16-29(21-27)41-3)31(33(38)34-2)22-26-11-6-4-7-12-26/h4-21,31H,22-24H2,1-3H3,(H,34,38)/t31-/m0/s1. The monoisotopic (exact) mass is 585 g/mol. The maximum absolute atomic E-state index is 14.3. The Morgan fingerprint density at radius 3 is 2.07 bits per heavy atom. The summed E-state index contributed by atoms with van der Waals surface area (Å²) >= 11 is 0. The van der Waals surface area contributed by atoms with Crippen LogP contribution in [0.3, 0.4) is 0 Å². The van der Waals surface area contributed by atoms with Crippen molar-refractivity contribution in [1.29, 1.82) is 0 Å². The van der Waals surface area contributed by atoms with E-state index in [1.54, 1.807) is 67.8 Å². The van der Waals surface area contributed by atoms with Crippen molar-refractivity contribution in [2.24, 2.45) is 0 Å². The number of nitrogens with zero attached hydrogens (tertiary/aromatic N) is 2. The first-order valence-corrected chi connectivity index (χ1v) is 15.0. The highest BCUT2D eigenvalue weighted by Gasteiger charge is 2.34. The van der Waals surface area contributed by atoms with Crippen LogP contribution in [0.4, 0.5) is 5.69 Å². The van der Waals surface area contributed by atoms with Gasteiger partial charge >= 0.3 is 0 Å². The molecule has 0 aliphatic rings. The third kappa shape index (κ3) is 7.36. The molecule has 0 aromatic heterocycles. The summed E-state index contributed by atoms with van der Waals surface area (Å²) in [6.07, 6.45) is 0.242. The van der Waals surface area contributed by atoms with Crippen LogP contribution in [0.25, 0.3) is 0 Å². The minimum absolute atomic E-state index is 0.0637. The van der Waals surface area contributed by atoms with Crippen LogP contribution in [0.5, 0.6) is 5.75 Å². The van der Waals surface area contributed by atoms with Crippen molar-refractivity contribution in [2.75, 3.05) is 25.0 Å². The quantitative estimate of drug-likeness (QED) is 0.263. The van der Waals surface area contributed by atoms with Crippen molar-refractivity contribution < 1.29 is 22.7 Å². The van der Waals surface area contributed by atoms with E-state index in [1.807, 2.05) is 43.3 Å². The first-order chi connectivity index (χ1) is 20.2. The molecule has 9 heteroatoms. The zero-order valence-corrected chi connectivity index (χ0v) is 24.8. The van der Waals surface area contributed by atoms with Crippen molar-refractivity contribution in [2.45, 2.75) is 30.8 Å². The minimum atomic E-state index is -4.13. The van der Waals surface area contributed by atoms with E-state index in [1.165, 1.54) is 24.1 Å². The average molecular weight is 586 g/mol. The average Bonchev–Trinajstić information content (AvgIpc) is 3.02. The number of anilines is 1. The van der Waals surface area contributed by atoms with Crippen molar-refractivity contribution in [1.82, 2.24) is 10.2 Å². The zero-order valence-electron chi connectivity index (χ0n) is 23.9. The first kappa shape index (κ1) is 30.3. The van der Waals surface area contributed by atoms with Gasteiger partial charge in [0.2, 0.25) is 11.8 Å². The molecule has 0 spiro atoms. The molecule has 8 nitrogen and oxygen atoms in total. The van der Waals surface area contributed by atoms with Gasteiger partial charge in [-0.2, -0.15) is 0 Å². The molecule has 0 fully saturated rings. The molecule has 4 rings (SSSR count). The number of nitrogens with one attached hydrogen (secondary N) is 1. The summed E-state index contributed by atoms with van der Waals surface area (Å²) in [5, 5.41) is 2.69. The number of carbonyl (C=O) groups is 2. The Balaban J connectivity index is 1.77. The summed E-state index contributed by atoms with van der Waals surface area (Å²) in [7, 11) is -1.05. The summed E-state index contributed by atoms with van der Waals surface area (Å²) < 4.78 is 34.4. The first-order valence-electron chi connectivity index (χ1n) is 13.6. The third-order valence-corrected chi connectivity index (χ3v) is 8.72. The van der Waals surface area contributed by atoms with Gasteiger partial charge in [-0.25, -0.2) is 8.42 Å². The molecule has 4 aromatic carbocycles. The summed E-state index contributed by atoms with van der Waals surface area (Å²) in [5.74, 6) is -0.281. The van der Waals surface area contributed by atoms with Crippen LogP contribution in [0.2, 0.25) is 0 Å². The van der Waals surface area contributed by atoms with Crippen LogP contribution >= 0.6 is 0 Å². The van der Waals surface area contributed by atoms with E-state index in [4.69, 9.17) is 4.74 Å². The Morgan fingerprint density at radius 1 is 0.833 bits per heavy atom. The predicted octanol–water partition coefficient (Wildman–Crippen LogP) is 4.59. The fraction of sp³-hybridized carbons (Fsp3) is 0.212. The maximum Gasteiger partial charge on any atom is 0.264 e. The lowest BCUT2D eigenvalue weighted by molar-refractivity contribution is -0.139. The van der Waals surface area contributed by atoms with Gasteiger partial charge in [0.1, 0.15) is 18.3 Å². The largest absolute Gasteiger partial charge is 0.497 e. The van der Waals surface area contributed by atoms with Crippen LogP contribution in [0.15, 0.2) is 114 Å². The van der Waals surface area contributed by atoms with Gasteiger partial charge in [-0.05, 0) is 54.4 Å². The lowest BCUT2D eigenvalue weighted by Crippen LogP contribution is -2.53. The van der Waals surface area contributed by atoms with Gasteiger partial charge in [0.25, 0.3) is 10.0 Å². The fourth-order valence-corrected chi connectivity index (χ4v) is 6.06. The molecule has 0 heterocycles. The number of aryl methyl sites for hydroxylation is 1. The highest BCUT2D eigenvalue weighted by atomic mass is 32.2. The molecule has 42 heavy (non-hydrogen) atoms. The Bertz CT molecular complexity index is 1590. The van der Waals surface area contributed by atoms with Crippen molar-refractivity contribution >= 4 is 27.5 Å².